The maximum atomic E-state index is 3.41. The number of para-hydroxylation sites is 1. The zero-order valence-corrected chi connectivity index (χ0v) is 8.59. The van der Waals surface area contributed by atoms with Gasteiger partial charge in [-0.3, -0.25) is 0 Å². The van der Waals surface area contributed by atoms with Crippen molar-refractivity contribution in [1.82, 2.24) is 0 Å². The Bertz CT molecular complexity index is 218. The van der Waals surface area contributed by atoms with Crippen molar-refractivity contribution in [2.45, 2.75) is 26.7 Å². The highest BCUT2D eigenvalue weighted by Gasteiger charge is 1.97. The Morgan fingerprint density at radius 1 is 1.23 bits per heavy atom. The summed E-state index contributed by atoms with van der Waals surface area (Å²) in [6, 6.07) is 10.4. The van der Waals surface area contributed by atoms with Crippen LogP contribution in [0, 0.1) is 5.92 Å². The molecule has 0 bridgehead atoms. The van der Waals surface area contributed by atoms with Crippen molar-refractivity contribution in [2.75, 3.05) is 11.9 Å². The molecule has 0 saturated carbocycles. The van der Waals surface area contributed by atoms with E-state index in [0.29, 0.717) is 0 Å². The van der Waals surface area contributed by atoms with Crippen molar-refractivity contribution in [3.05, 3.63) is 30.3 Å². The number of hydrogen-bond acceptors (Lipinski definition) is 1. The molecule has 1 unspecified atom stereocenters. The van der Waals surface area contributed by atoms with Crippen molar-refractivity contribution in [3.63, 3.8) is 0 Å². The van der Waals surface area contributed by atoms with Crippen LogP contribution >= 0.6 is 0 Å². The summed E-state index contributed by atoms with van der Waals surface area (Å²) in [6.45, 7) is 5.62. The van der Waals surface area contributed by atoms with E-state index >= 15 is 0 Å². The lowest BCUT2D eigenvalue weighted by Gasteiger charge is -2.09. The van der Waals surface area contributed by atoms with Crippen molar-refractivity contribution < 1.29 is 0 Å². The quantitative estimate of drug-likeness (QED) is 0.725. The van der Waals surface area contributed by atoms with Crippen molar-refractivity contribution in [2.24, 2.45) is 5.92 Å². The first-order valence-corrected chi connectivity index (χ1v) is 5.12. The van der Waals surface area contributed by atoms with Gasteiger partial charge in [0.2, 0.25) is 0 Å². The van der Waals surface area contributed by atoms with E-state index in [9.17, 15) is 0 Å². The highest BCUT2D eigenvalue weighted by molar-refractivity contribution is 5.42. The van der Waals surface area contributed by atoms with Gasteiger partial charge in [-0.25, -0.2) is 0 Å². The summed E-state index contributed by atoms with van der Waals surface area (Å²) in [5, 5.41) is 3.41. The van der Waals surface area contributed by atoms with Crippen LogP contribution in [-0.4, -0.2) is 6.54 Å². The zero-order chi connectivity index (χ0) is 9.52. The maximum absolute atomic E-state index is 3.41. The smallest absolute Gasteiger partial charge is 0.0340 e. The lowest BCUT2D eigenvalue weighted by Crippen LogP contribution is -2.05. The molecule has 1 aromatic rings. The Kier molecular flexibility index (Phi) is 4.37. The molecule has 1 rings (SSSR count). The van der Waals surface area contributed by atoms with Gasteiger partial charge >= 0.3 is 0 Å². The summed E-state index contributed by atoms with van der Waals surface area (Å²) in [5.41, 5.74) is 1.23. The van der Waals surface area contributed by atoms with E-state index in [1.165, 1.54) is 18.5 Å². The second-order valence-corrected chi connectivity index (χ2v) is 3.59. The Labute approximate surface area is 81.2 Å². The second-order valence-electron chi connectivity index (χ2n) is 3.59. The van der Waals surface area contributed by atoms with Gasteiger partial charge in [-0.05, 0) is 24.5 Å². The summed E-state index contributed by atoms with van der Waals surface area (Å²) in [5.74, 6) is 0.830. The molecule has 0 aliphatic carbocycles. The summed E-state index contributed by atoms with van der Waals surface area (Å²) < 4.78 is 0. The molecule has 0 aromatic heterocycles. The van der Waals surface area contributed by atoms with Gasteiger partial charge in [-0.1, -0.05) is 38.5 Å². The van der Waals surface area contributed by atoms with Crippen LogP contribution in [0.5, 0.6) is 0 Å². The topological polar surface area (TPSA) is 12.0 Å². The van der Waals surface area contributed by atoms with Gasteiger partial charge in [-0.15, -0.1) is 0 Å². The predicted molar refractivity (Wildman–Crippen MR) is 59.0 cm³/mol. The van der Waals surface area contributed by atoms with Gasteiger partial charge in [0.05, 0.1) is 0 Å². The molecule has 1 heteroatoms. The van der Waals surface area contributed by atoms with Crippen LogP contribution in [0.3, 0.4) is 0 Å². The average Bonchev–Trinajstić information content (AvgIpc) is 2.19. The molecule has 0 saturated heterocycles. The molecule has 1 nitrogen and oxygen atoms in total. The summed E-state index contributed by atoms with van der Waals surface area (Å²) >= 11 is 0. The largest absolute Gasteiger partial charge is 0.385 e. The fourth-order valence-corrected chi connectivity index (χ4v) is 1.22. The van der Waals surface area contributed by atoms with Crippen LogP contribution < -0.4 is 5.32 Å². The van der Waals surface area contributed by atoms with E-state index in [2.05, 4.69) is 43.4 Å². The molecule has 0 amide bonds. The van der Waals surface area contributed by atoms with E-state index in [-0.39, 0.29) is 0 Å². The molecule has 13 heavy (non-hydrogen) atoms. The average molecular weight is 177 g/mol. The third-order valence-electron chi connectivity index (χ3n) is 2.44. The lowest BCUT2D eigenvalue weighted by molar-refractivity contribution is 0.532. The predicted octanol–water partition coefficient (Wildman–Crippen LogP) is 3.53. The zero-order valence-electron chi connectivity index (χ0n) is 8.59. The third-order valence-corrected chi connectivity index (χ3v) is 2.44. The SMILES string of the molecule is CCC(C)CCNc1ccccc1. The molecule has 0 spiro atoms. The molecular formula is C12H19N. The Morgan fingerprint density at radius 2 is 1.92 bits per heavy atom. The molecule has 0 radical (unpaired) electrons. The van der Waals surface area contributed by atoms with Gasteiger partial charge in [0, 0.05) is 12.2 Å². The minimum Gasteiger partial charge on any atom is -0.385 e. The van der Waals surface area contributed by atoms with Crippen LogP contribution in [0.4, 0.5) is 5.69 Å². The van der Waals surface area contributed by atoms with Crippen LogP contribution in [0.15, 0.2) is 30.3 Å². The molecular weight excluding hydrogens is 158 g/mol. The highest BCUT2D eigenvalue weighted by Crippen LogP contribution is 2.08. The first-order chi connectivity index (χ1) is 6.33. The molecule has 0 fully saturated rings. The van der Waals surface area contributed by atoms with Crippen molar-refractivity contribution in [1.29, 1.82) is 0 Å². The number of anilines is 1. The van der Waals surface area contributed by atoms with E-state index in [1.54, 1.807) is 0 Å². The molecule has 72 valence electrons. The van der Waals surface area contributed by atoms with Crippen LogP contribution in [0.25, 0.3) is 0 Å². The Balaban J connectivity index is 2.20. The standard InChI is InChI=1S/C12H19N/c1-3-11(2)9-10-13-12-7-5-4-6-8-12/h4-8,11,13H,3,9-10H2,1-2H3. The van der Waals surface area contributed by atoms with E-state index in [1.807, 2.05) is 6.07 Å². The van der Waals surface area contributed by atoms with Gasteiger partial charge in [0.25, 0.3) is 0 Å². The fraction of sp³-hybridized carbons (Fsp3) is 0.500. The molecule has 1 atom stereocenters. The van der Waals surface area contributed by atoms with E-state index in [4.69, 9.17) is 0 Å². The van der Waals surface area contributed by atoms with E-state index < -0.39 is 0 Å². The van der Waals surface area contributed by atoms with Crippen molar-refractivity contribution in [3.8, 4) is 0 Å². The van der Waals surface area contributed by atoms with E-state index in [0.717, 1.165) is 12.5 Å². The van der Waals surface area contributed by atoms with Gasteiger partial charge in [0.1, 0.15) is 0 Å². The van der Waals surface area contributed by atoms with Gasteiger partial charge < -0.3 is 5.32 Å². The Hall–Kier alpha value is -0.980. The third kappa shape index (κ3) is 3.97. The van der Waals surface area contributed by atoms with Crippen LogP contribution in [0.1, 0.15) is 26.7 Å². The minimum absolute atomic E-state index is 0.830. The number of rotatable bonds is 5. The highest BCUT2D eigenvalue weighted by atomic mass is 14.9. The van der Waals surface area contributed by atoms with Crippen LogP contribution in [-0.2, 0) is 0 Å². The number of nitrogens with one attached hydrogen (secondary N) is 1. The van der Waals surface area contributed by atoms with Gasteiger partial charge in [0.15, 0.2) is 0 Å². The lowest BCUT2D eigenvalue weighted by atomic mass is 10.1. The van der Waals surface area contributed by atoms with Crippen molar-refractivity contribution >= 4 is 5.69 Å². The Morgan fingerprint density at radius 3 is 2.54 bits per heavy atom. The first kappa shape index (κ1) is 10.1. The molecule has 1 aromatic carbocycles. The maximum Gasteiger partial charge on any atom is 0.0340 e. The number of benzene rings is 1. The van der Waals surface area contributed by atoms with Crippen LogP contribution in [0.2, 0.25) is 0 Å². The monoisotopic (exact) mass is 177 g/mol. The second kappa shape index (κ2) is 5.63. The summed E-state index contributed by atoms with van der Waals surface area (Å²) in [7, 11) is 0. The molecule has 0 aliphatic heterocycles. The number of hydrogen-bond donors (Lipinski definition) is 1. The molecule has 1 N–H and O–H groups in total. The fourth-order valence-electron chi connectivity index (χ4n) is 1.22. The minimum atomic E-state index is 0.830. The first-order valence-electron chi connectivity index (χ1n) is 5.12. The summed E-state index contributed by atoms with van der Waals surface area (Å²) in [6.07, 6.45) is 2.53. The normalized spacial score (nSPS) is 12.5. The molecule has 0 aliphatic rings. The van der Waals surface area contributed by atoms with Gasteiger partial charge in [-0.2, -0.15) is 0 Å². The molecule has 0 heterocycles. The summed E-state index contributed by atoms with van der Waals surface area (Å²) in [4.78, 5) is 0.